The summed E-state index contributed by atoms with van der Waals surface area (Å²) >= 11 is 3.30. The maximum Gasteiger partial charge on any atom is 0.325 e. The average molecular weight is 539 g/mol. The second kappa shape index (κ2) is 9.20. The van der Waals surface area contributed by atoms with Crippen LogP contribution in [0.25, 0.3) is 0 Å². The fourth-order valence-corrected chi connectivity index (χ4v) is 5.73. The van der Waals surface area contributed by atoms with E-state index in [9.17, 15) is 17.6 Å². The van der Waals surface area contributed by atoms with Gasteiger partial charge in [0, 0.05) is 18.3 Å². The van der Waals surface area contributed by atoms with Crippen molar-refractivity contribution >= 4 is 31.9 Å². The van der Waals surface area contributed by atoms with Gasteiger partial charge in [-0.25, -0.2) is 17.8 Å². The third kappa shape index (κ3) is 4.77. The molecule has 0 amide bonds. The molecule has 174 valence electrons. The van der Waals surface area contributed by atoms with E-state index in [1.165, 1.54) is 52.6 Å². The van der Waals surface area contributed by atoms with E-state index in [1.54, 1.807) is 6.20 Å². The molecule has 3 aromatic rings. The number of sulfonamides is 1. The molecule has 1 aliphatic rings. The average Bonchev–Trinajstić information content (AvgIpc) is 3.18. The number of hydrogen-bond acceptors (Lipinski definition) is 6. The number of aliphatic carboxylic acids is 1. The first-order valence-corrected chi connectivity index (χ1v) is 12.2. The Labute approximate surface area is 198 Å². The summed E-state index contributed by atoms with van der Waals surface area (Å²) in [6.45, 7) is -0.273. The van der Waals surface area contributed by atoms with Crippen LogP contribution >= 0.6 is 15.9 Å². The molecule has 0 spiro atoms. The van der Waals surface area contributed by atoms with Crippen LogP contribution in [0.1, 0.15) is 30.1 Å². The van der Waals surface area contributed by atoms with E-state index in [0.29, 0.717) is 35.0 Å². The minimum atomic E-state index is -3.93. The molecule has 1 aromatic carbocycles. The number of halogens is 2. The minimum Gasteiger partial charge on any atom is -0.480 e. The van der Waals surface area contributed by atoms with Gasteiger partial charge >= 0.3 is 5.97 Å². The van der Waals surface area contributed by atoms with Crippen molar-refractivity contribution in [2.45, 2.75) is 36.7 Å². The number of carboxylic acid groups (broad SMARTS) is 1. The summed E-state index contributed by atoms with van der Waals surface area (Å²) in [6, 6.07) is 6.28. The summed E-state index contributed by atoms with van der Waals surface area (Å²) in [5.74, 6) is -0.926. The van der Waals surface area contributed by atoms with Gasteiger partial charge in [-0.2, -0.15) is 9.40 Å². The lowest BCUT2D eigenvalue weighted by Crippen LogP contribution is -2.33. The van der Waals surface area contributed by atoms with Crippen LogP contribution in [0.2, 0.25) is 0 Å². The third-order valence-electron chi connectivity index (χ3n) is 5.44. The molecule has 4 rings (SSSR count). The minimum absolute atomic E-state index is 0.0339. The van der Waals surface area contributed by atoms with Crippen molar-refractivity contribution in [2.24, 2.45) is 0 Å². The van der Waals surface area contributed by atoms with Gasteiger partial charge in [-0.1, -0.05) is 0 Å². The number of aromatic nitrogens is 3. The van der Waals surface area contributed by atoms with Crippen LogP contribution in [0.15, 0.2) is 52.1 Å². The molecular formula is C21H20BrFN4O5S. The Bertz CT molecular complexity index is 1300. The maximum atomic E-state index is 13.3. The van der Waals surface area contributed by atoms with Gasteiger partial charge < -0.3 is 9.84 Å². The number of pyridine rings is 1. The highest BCUT2D eigenvalue weighted by molar-refractivity contribution is 9.10. The quantitative estimate of drug-likeness (QED) is 0.487. The maximum absolute atomic E-state index is 13.3. The zero-order valence-corrected chi connectivity index (χ0v) is 19.9. The monoisotopic (exact) mass is 538 g/mol. The van der Waals surface area contributed by atoms with Crippen molar-refractivity contribution < 1.29 is 27.4 Å². The van der Waals surface area contributed by atoms with Crippen molar-refractivity contribution in [3.63, 3.8) is 0 Å². The third-order valence-corrected chi connectivity index (χ3v) is 7.84. The number of hydrogen-bond donors (Lipinski definition) is 1. The fourth-order valence-electron chi connectivity index (χ4n) is 3.81. The van der Waals surface area contributed by atoms with Crippen LogP contribution in [0, 0.1) is 5.82 Å². The lowest BCUT2D eigenvalue weighted by Gasteiger charge is -2.30. The zero-order valence-electron chi connectivity index (χ0n) is 17.5. The second-order valence-corrected chi connectivity index (χ2v) is 10.4. The molecule has 0 bridgehead atoms. The van der Waals surface area contributed by atoms with Gasteiger partial charge in [0.15, 0.2) is 0 Å². The number of benzene rings is 1. The van der Waals surface area contributed by atoms with Crippen LogP contribution in [-0.4, -0.2) is 45.6 Å². The Morgan fingerprint density at radius 2 is 2.06 bits per heavy atom. The fraction of sp³-hybridized carbons (Fsp3) is 0.286. The van der Waals surface area contributed by atoms with Crippen molar-refractivity contribution in [1.82, 2.24) is 19.1 Å². The van der Waals surface area contributed by atoms with Crippen molar-refractivity contribution in [3.05, 3.63) is 64.3 Å². The number of carbonyl (C=O) groups is 1. The summed E-state index contributed by atoms with van der Waals surface area (Å²) in [5.41, 5.74) is 1.44. The van der Waals surface area contributed by atoms with E-state index in [4.69, 9.17) is 9.84 Å². The first-order valence-electron chi connectivity index (χ1n) is 10.00. The summed E-state index contributed by atoms with van der Waals surface area (Å²) in [7, 11) is -2.44. The Balaban J connectivity index is 1.58. The molecule has 12 heteroatoms. The van der Waals surface area contributed by atoms with Gasteiger partial charge in [0.25, 0.3) is 0 Å². The Hall–Kier alpha value is -2.83. The number of ether oxygens (including phenoxy) is 1. The molecule has 1 atom stereocenters. The molecule has 2 aromatic heterocycles. The Morgan fingerprint density at radius 1 is 1.33 bits per heavy atom. The number of nitrogens with zero attached hydrogens (tertiary/aromatic N) is 4. The van der Waals surface area contributed by atoms with Gasteiger partial charge in [-0.15, -0.1) is 0 Å². The van der Waals surface area contributed by atoms with Crippen LogP contribution in [0.3, 0.4) is 0 Å². The summed E-state index contributed by atoms with van der Waals surface area (Å²) in [5, 5.41) is 13.2. The molecule has 9 nitrogen and oxygen atoms in total. The smallest absolute Gasteiger partial charge is 0.325 e. The first-order chi connectivity index (χ1) is 15.7. The largest absolute Gasteiger partial charge is 0.480 e. The zero-order chi connectivity index (χ0) is 23.8. The molecule has 0 unspecified atom stereocenters. The van der Waals surface area contributed by atoms with Gasteiger partial charge in [0.2, 0.25) is 15.9 Å². The van der Waals surface area contributed by atoms with E-state index in [0.717, 1.165) is 5.69 Å². The second-order valence-electron chi connectivity index (χ2n) is 7.54. The van der Waals surface area contributed by atoms with Crippen LogP contribution in [-0.2, 0) is 27.8 Å². The van der Waals surface area contributed by atoms with Crippen molar-refractivity contribution in [1.29, 1.82) is 0 Å². The molecular weight excluding hydrogens is 519 g/mol. The van der Waals surface area contributed by atoms with Gasteiger partial charge in [-0.3, -0.25) is 9.48 Å². The first kappa shape index (κ1) is 23.3. The highest BCUT2D eigenvalue weighted by Crippen LogP contribution is 2.37. The van der Waals surface area contributed by atoms with Gasteiger partial charge in [0.05, 0.1) is 22.9 Å². The van der Waals surface area contributed by atoms with E-state index in [-0.39, 0.29) is 17.3 Å². The highest BCUT2D eigenvalue weighted by atomic mass is 79.9. The standard InChI is InChI=1S/C21H20BrFN4O5S/c1-26(18-3-2-4-19-16(18)11-25-27(19)12-20(28)29)33(30,31)15-9-17(22)21(24-10-15)32-14-7-5-13(23)6-8-14/h5-11,18H,2-4,12H2,1H3,(H,28,29)/t18-/m1/s1. The lowest BCUT2D eigenvalue weighted by atomic mass is 9.93. The van der Waals surface area contributed by atoms with E-state index in [1.807, 2.05) is 0 Å². The lowest BCUT2D eigenvalue weighted by molar-refractivity contribution is -0.137. The molecule has 0 fully saturated rings. The summed E-state index contributed by atoms with van der Waals surface area (Å²) < 4.78 is 48.4. The van der Waals surface area contributed by atoms with Crippen molar-refractivity contribution in [2.75, 3.05) is 7.05 Å². The van der Waals surface area contributed by atoms with Gasteiger partial charge in [-0.05, 0) is 65.5 Å². The molecule has 0 radical (unpaired) electrons. The Morgan fingerprint density at radius 3 is 2.73 bits per heavy atom. The Kier molecular flexibility index (Phi) is 6.50. The molecule has 0 saturated heterocycles. The van der Waals surface area contributed by atoms with Gasteiger partial charge in [0.1, 0.15) is 23.0 Å². The predicted octanol–water partition coefficient (Wildman–Crippen LogP) is 3.75. The van der Waals surface area contributed by atoms with E-state index >= 15 is 0 Å². The van der Waals surface area contributed by atoms with Crippen LogP contribution in [0.5, 0.6) is 11.6 Å². The molecule has 2 heterocycles. The van der Waals surface area contributed by atoms with E-state index < -0.39 is 27.9 Å². The highest BCUT2D eigenvalue weighted by Gasteiger charge is 2.34. The molecule has 1 aliphatic carbocycles. The summed E-state index contributed by atoms with van der Waals surface area (Å²) in [6.07, 6.45) is 4.67. The normalized spacial score (nSPS) is 15.9. The predicted molar refractivity (Wildman–Crippen MR) is 119 cm³/mol. The number of carboxylic acids is 1. The molecule has 0 aliphatic heterocycles. The van der Waals surface area contributed by atoms with Crippen LogP contribution < -0.4 is 4.74 Å². The van der Waals surface area contributed by atoms with Crippen molar-refractivity contribution in [3.8, 4) is 11.6 Å². The number of rotatable bonds is 7. The summed E-state index contributed by atoms with van der Waals surface area (Å²) in [4.78, 5) is 15.2. The topological polar surface area (TPSA) is 115 Å². The molecule has 1 N–H and O–H groups in total. The number of fused-ring (bicyclic) bond motifs is 1. The van der Waals surface area contributed by atoms with E-state index in [2.05, 4.69) is 26.0 Å². The molecule has 0 saturated carbocycles. The SMILES string of the molecule is CN([C@@H]1CCCc2c1cnn2CC(=O)O)S(=O)(=O)c1cnc(Oc2ccc(F)cc2)c(Br)c1. The molecule has 33 heavy (non-hydrogen) atoms. The van der Waals surface area contributed by atoms with Crippen LogP contribution in [0.4, 0.5) is 4.39 Å².